The van der Waals surface area contributed by atoms with Crippen molar-refractivity contribution in [1.82, 2.24) is 4.90 Å². The molecule has 11 heteroatoms. The van der Waals surface area contributed by atoms with Crippen LogP contribution in [0, 0.1) is 11.6 Å². The molecule has 0 N–H and O–H groups in total. The second-order valence-electron chi connectivity index (χ2n) is 8.32. The molecule has 1 saturated heterocycles. The van der Waals surface area contributed by atoms with E-state index in [1.807, 2.05) is 4.90 Å². The molecule has 0 bridgehead atoms. The highest BCUT2D eigenvalue weighted by molar-refractivity contribution is 7.92. The minimum Gasteiger partial charge on any atom is -0.493 e. The molecule has 0 unspecified atom stereocenters. The molecule has 0 aromatic heterocycles. The number of hydrogen-bond acceptors (Lipinski definition) is 6. The molecule has 1 aliphatic heterocycles. The number of carbonyl (C=O) groups is 1. The monoisotopic (exact) mass is 531 g/mol. The van der Waals surface area contributed by atoms with Crippen LogP contribution in [0.2, 0.25) is 0 Å². The van der Waals surface area contributed by atoms with Crippen LogP contribution in [0.4, 0.5) is 20.2 Å². The maximum Gasteiger partial charge on any atom is 0.265 e. The van der Waals surface area contributed by atoms with Gasteiger partial charge in [-0.05, 0) is 48.5 Å². The number of nitrogens with zero attached hydrogens (tertiary/aromatic N) is 3. The summed E-state index contributed by atoms with van der Waals surface area (Å²) in [4.78, 5) is 16.6. The van der Waals surface area contributed by atoms with Gasteiger partial charge in [0.2, 0.25) is 5.91 Å². The van der Waals surface area contributed by atoms with Crippen LogP contribution in [-0.2, 0) is 14.8 Å². The summed E-state index contributed by atoms with van der Waals surface area (Å²) in [5, 5.41) is 0. The first-order valence-corrected chi connectivity index (χ1v) is 13.0. The minimum atomic E-state index is -4.36. The lowest BCUT2D eigenvalue weighted by atomic mass is 10.2. The Balaban J connectivity index is 1.58. The predicted octanol–water partition coefficient (Wildman–Crippen LogP) is 3.53. The zero-order valence-electron chi connectivity index (χ0n) is 20.4. The Kier molecular flexibility index (Phi) is 7.82. The van der Waals surface area contributed by atoms with Crippen LogP contribution in [0.5, 0.6) is 11.5 Å². The number of methoxy groups -OCH3 is 2. The first kappa shape index (κ1) is 26.2. The summed E-state index contributed by atoms with van der Waals surface area (Å²) in [5.74, 6) is -1.07. The molecule has 196 valence electrons. The van der Waals surface area contributed by atoms with Gasteiger partial charge in [-0.15, -0.1) is 0 Å². The topological polar surface area (TPSA) is 79.4 Å². The summed E-state index contributed by atoms with van der Waals surface area (Å²) in [6.45, 7) is 1.04. The molecular weight excluding hydrogens is 504 g/mol. The lowest BCUT2D eigenvalue weighted by molar-refractivity contribution is -0.129. The van der Waals surface area contributed by atoms with Crippen molar-refractivity contribution in [1.29, 1.82) is 0 Å². The summed E-state index contributed by atoms with van der Waals surface area (Å²) < 4.78 is 66.6. The average molecular weight is 532 g/mol. The number of amides is 1. The fourth-order valence-electron chi connectivity index (χ4n) is 4.15. The largest absolute Gasteiger partial charge is 0.493 e. The molecule has 0 aliphatic carbocycles. The third kappa shape index (κ3) is 5.61. The summed E-state index contributed by atoms with van der Waals surface area (Å²) in [6.07, 6.45) is 0. The summed E-state index contributed by atoms with van der Waals surface area (Å²) >= 11 is 0. The number of anilines is 2. The molecule has 1 amide bonds. The van der Waals surface area contributed by atoms with Gasteiger partial charge in [-0.2, -0.15) is 0 Å². The van der Waals surface area contributed by atoms with Crippen molar-refractivity contribution in [2.24, 2.45) is 0 Å². The minimum absolute atomic E-state index is 0.178. The molecule has 3 aromatic rings. The Morgan fingerprint density at radius 2 is 1.54 bits per heavy atom. The molecule has 8 nitrogen and oxygen atoms in total. The van der Waals surface area contributed by atoms with Crippen LogP contribution in [0.25, 0.3) is 0 Å². The summed E-state index contributed by atoms with van der Waals surface area (Å²) in [5.41, 5.74) is 0.591. The summed E-state index contributed by atoms with van der Waals surface area (Å²) in [7, 11) is -1.57. The number of carbonyl (C=O) groups excluding carboxylic acids is 1. The third-order valence-electron chi connectivity index (χ3n) is 6.17. The second-order valence-corrected chi connectivity index (χ2v) is 10.2. The first-order chi connectivity index (χ1) is 17.7. The van der Waals surface area contributed by atoms with E-state index in [9.17, 15) is 22.0 Å². The van der Waals surface area contributed by atoms with Gasteiger partial charge in [-0.3, -0.25) is 9.10 Å². The van der Waals surface area contributed by atoms with E-state index in [0.717, 1.165) is 16.1 Å². The second kappa shape index (κ2) is 11.0. The smallest absolute Gasteiger partial charge is 0.265 e. The van der Waals surface area contributed by atoms with E-state index in [-0.39, 0.29) is 22.1 Å². The van der Waals surface area contributed by atoms with Gasteiger partial charge in [0.15, 0.2) is 11.5 Å². The fourth-order valence-corrected chi connectivity index (χ4v) is 5.58. The van der Waals surface area contributed by atoms with Crippen LogP contribution in [0.1, 0.15) is 0 Å². The van der Waals surface area contributed by atoms with Crippen molar-refractivity contribution < 1.29 is 31.5 Å². The van der Waals surface area contributed by atoms with Crippen LogP contribution in [-0.4, -0.2) is 66.2 Å². The quantitative estimate of drug-likeness (QED) is 0.443. The molecule has 1 aliphatic rings. The molecule has 1 heterocycles. The first-order valence-electron chi connectivity index (χ1n) is 11.5. The Bertz CT molecular complexity index is 1360. The van der Waals surface area contributed by atoms with E-state index < -0.39 is 28.3 Å². The number of halogens is 2. The number of hydrogen-bond donors (Lipinski definition) is 0. The van der Waals surface area contributed by atoms with Gasteiger partial charge in [0.25, 0.3) is 10.0 Å². The van der Waals surface area contributed by atoms with Crippen molar-refractivity contribution in [3.05, 3.63) is 78.4 Å². The van der Waals surface area contributed by atoms with Crippen molar-refractivity contribution in [3.8, 4) is 11.5 Å². The van der Waals surface area contributed by atoms with Crippen molar-refractivity contribution in [2.75, 3.05) is 56.1 Å². The van der Waals surface area contributed by atoms with E-state index in [2.05, 4.69) is 0 Å². The molecule has 0 spiro atoms. The van der Waals surface area contributed by atoms with E-state index in [1.165, 1.54) is 67.7 Å². The molecule has 3 aromatic carbocycles. The maximum atomic E-state index is 14.8. The van der Waals surface area contributed by atoms with Crippen molar-refractivity contribution in [3.63, 3.8) is 0 Å². The highest BCUT2D eigenvalue weighted by atomic mass is 32.2. The Morgan fingerprint density at radius 3 is 2.16 bits per heavy atom. The van der Waals surface area contributed by atoms with Gasteiger partial charge in [-0.25, -0.2) is 17.2 Å². The number of ether oxygens (including phenoxy) is 2. The van der Waals surface area contributed by atoms with E-state index in [1.54, 1.807) is 12.1 Å². The summed E-state index contributed by atoms with van der Waals surface area (Å²) in [6, 6.07) is 15.5. The molecular formula is C26H27F2N3O5S. The average Bonchev–Trinajstić information content (AvgIpc) is 2.92. The standard InChI is InChI=1S/C26H27F2N3O5S/c1-35-24-12-11-21(17-25(24)36-2)37(33,34)31(23-6-4-3-5-22(23)28)18-26(32)30-15-13-29(14-16-30)20-9-7-19(27)8-10-20/h3-12,17H,13-16,18H2,1-2H3. The zero-order valence-corrected chi connectivity index (χ0v) is 21.2. The van der Waals surface area contributed by atoms with Gasteiger partial charge >= 0.3 is 0 Å². The Hall–Kier alpha value is -3.86. The van der Waals surface area contributed by atoms with Crippen LogP contribution >= 0.6 is 0 Å². The number of piperazine rings is 1. The van der Waals surface area contributed by atoms with Crippen LogP contribution in [0.15, 0.2) is 71.6 Å². The molecule has 37 heavy (non-hydrogen) atoms. The van der Waals surface area contributed by atoms with E-state index in [0.29, 0.717) is 31.9 Å². The predicted molar refractivity (Wildman–Crippen MR) is 136 cm³/mol. The maximum absolute atomic E-state index is 14.8. The molecule has 0 saturated carbocycles. The highest BCUT2D eigenvalue weighted by Crippen LogP contribution is 2.33. The number of benzene rings is 3. The van der Waals surface area contributed by atoms with Gasteiger partial charge < -0.3 is 19.3 Å². The van der Waals surface area contributed by atoms with Crippen molar-refractivity contribution in [2.45, 2.75) is 4.90 Å². The SMILES string of the molecule is COc1ccc(S(=O)(=O)N(CC(=O)N2CCN(c3ccc(F)cc3)CC2)c2ccccc2F)cc1OC. The number of sulfonamides is 1. The van der Waals surface area contributed by atoms with Crippen LogP contribution in [0.3, 0.4) is 0 Å². The Morgan fingerprint density at radius 1 is 0.892 bits per heavy atom. The molecule has 0 radical (unpaired) electrons. The van der Waals surface area contributed by atoms with Gasteiger partial charge in [0.05, 0.1) is 24.8 Å². The lowest BCUT2D eigenvalue weighted by Crippen LogP contribution is -2.52. The zero-order chi connectivity index (χ0) is 26.6. The van der Waals surface area contributed by atoms with Gasteiger partial charge in [0.1, 0.15) is 18.2 Å². The number of para-hydroxylation sites is 1. The lowest BCUT2D eigenvalue weighted by Gasteiger charge is -2.37. The van der Waals surface area contributed by atoms with Crippen molar-refractivity contribution >= 4 is 27.3 Å². The van der Waals surface area contributed by atoms with Crippen LogP contribution < -0.4 is 18.7 Å². The fraction of sp³-hybridized carbons (Fsp3) is 0.269. The Labute approximate surface area is 214 Å². The normalized spacial score (nSPS) is 13.8. The number of rotatable bonds is 8. The van der Waals surface area contributed by atoms with E-state index >= 15 is 0 Å². The van der Waals surface area contributed by atoms with Gasteiger partial charge in [-0.1, -0.05) is 12.1 Å². The molecule has 4 rings (SSSR count). The molecule has 1 fully saturated rings. The van der Waals surface area contributed by atoms with E-state index in [4.69, 9.17) is 9.47 Å². The van der Waals surface area contributed by atoms with Gasteiger partial charge in [0, 0.05) is 37.9 Å². The third-order valence-corrected chi connectivity index (χ3v) is 7.92. The molecule has 0 atom stereocenters. The highest BCUT2D eigenvalue weighted by Gasteiger charge is 2.32.